The first-order valence-electron chi connectivity index (χ1n) is 5.38. The Balaban J connectivity index is 2.31. The summed E-state index contributed by atoms with van der Waals surface area (Å²) in [5, 5.41) is 3.24. The summed E-state index contributed by atoms with van der Waals surface area (Å²) >= 11 is 3.24. The van der Waals surface area contributed by atoms with Crippen LogP contribution in [0.15, 0.2) is 22.7 Å². The Morgan fingerprint density at radius 2 is 2.13 bits per heavy atom. The van der Waals surface area contributed by atoms with Gasteiger partial charge in [0.15, 0.2) is 0 Å². The lowest BCUT2D eigenvalue weighted by Crippen LogP contribution is -2.15. The van der Waals surface area contributed by atoms with Crippen LogP contribution in [0.2, 0.25) is 0 Å². The Labute approximate surface area is 99.2 Å². The molecule has 0 spiro atoms. The van der Waals surface area contributed by atoms with E-state index in [-0.39, 0.29) is 5.82 Å². The molecule has 1 aromatic rings. The molecule has 3 heteroatoms. The maximum absolute atomic E-state index is 13.4. The second kappa shape index (κ2) is 6.96. The first kappa shape index (κ1) is 12.7. The van der Waals surface area contributed by atoms with E-state index in [2.05, 4.69) is 28.2 Å². The molecule has 1 rings (SSSR count). The van der Waals surface area contributed by atoms with Crippen molar-refractivity contribution in [3.63, 3.8) is 0 Å². The molecule has 0 amide bonds. The van der Waals surface area contributed by atoms with Crippen molar-refractivity contribution in [2.24, 2.45) is 0 Å². The molecular formula is C12H17BrFN. The van der Waals surface area contributed by atoms with Gasteiger partial charge in [-0.15, -0.1) is 0 Å². The fraction of sp³-hybridized carbons (Fsp3) is 0.500. The Kier molecular flexibility index (Phi) is 5.88. The largest absolute Gasteiger partial charge is 0.313 e. The van der Waals surface area contributed by atoms with Gasteiger partial charge in [0.05, 0.1) is 0 Å². The monoisotopic (exact) mass is 273 g/mol. The molecule has 1 aromatic carbocycles. The summed E-state index contributed by atoms with van der Waals surface area (Å²) < 4.78 is 14.1. The normalized spacial score (nSPS) is 10.6. The average Bonchev–Trinajstić information content (AvgIpc) is 2.20. The van der Waals surface area contributed by atoms with Gasteiger partial charge in [-0.1, -0.05) is 41.8 Å². The van der Waals surface area contributed by atoms with Crippen LogP contribution in [0, 0.1) is 5.82 Å². The average molecular weight is 274 g/mol. The van der Waals surface area contributed by atoms with Crippen molar-refractivity contribution < 1.29 is 4.39 Å². The van der Waals surface area contributed by atoms with Gasteiger partial charge in [-0.05, 0) is 25.1 Å². The van der Waals surface area contributed by atoms with Gasteiger partial charge < -0.3 is 5.32 Å². The molecule has 0 heterocycles. The summed E-state index contributed by atoms with van der Waals surface area (Å²) in [7, 11) is 0. The van der Waals surface area contributed by atoms with E-state index in [1.165, 1.54) is 18.9 Å². The van der Waals surface area contributed by atoms with E-state index in [0.29, 0.717) is 6.54 Å². The van der Waals surface area contributed by atoms with Crippen LogP contribution in [0.4, 0.5) is 4.39 Å². The Morgan fingerprint density at radius 1 is 1.33 bits per heavy atom. The number of halogens is 2. The third-order valence-corrected chi connectivity index (χ3v) is 2.78. The summed E-state index contributed by atoms with van der Waals surface area (Å²) in [5.41, 5.74) is 0.731. The van der Waals surface area contributed by atoms with Crippen molar-refractivity contribution in [2.75, 3.05) is 6.54 Å². The van der Waals surface area contributed by atoms with Gasteiger partial charge in [0.25, 0.3) is 0 Å². The first-order chi connectivity index (χ1) is 7.24. The van der Waals surface area contributed by atoms with Crippen LogP contribution < -0.4 is 5.32 Å². The summed E-state index contributed by atoms with van der Waals surface area (Å²) in [6.07, 6.45) is 3.61. The van der Waals surface area contributed by atoms with Gasteiger partial charge in [0.1, 0.15) is 5.82 Å². The third kappa shape index (κ3) is 4.76. The van der Waals surface area contributed by atoms with Crippen LogP contribution in [0.3, 0.4) is 0 Å². The van der Waals surface area contributed by atoms with E-state index in [9.17, 15) is 4.39 Å². The highest BCUT2D eigenvalue weighted by Gasteiger charge is 2.01. The second-order valence-corrected chi connectivity index (χ2v) is 4.54. The van der Waals surface area contributed by atoms with E-state index in [1.54, 1.807) is 0 Å². The zero-order chi connectivity index (χ0) is 11.1. The van der Waals surface area contributed by atoms with E-state index >= 15 is 0 Å². The fourth-order valence-corrected chi connectivity index (χ4v) is 1.72. The fourth-order valence-electron chi connectivity index (χ4n) is 1.39. The Hall–Kier alpha value is -0.410. The summed E-state index contributed by atoms with van der Waals surface area (Å²) in [4.78, 5) is 0. The number of unbranched alkanes of at least 4 members (excludes halogenated alkanes) is 2. The SMILES string of the molecule is CCCCCNCc1ccc(Br)cc1F. The maximum atomic E-state index is 13.4. The molecule has 0 aliphatic rings. The second-order valence-electron chi connectivity index (χ2n) is 3.62. The molecule has 84 valence electrons. The van der Waals surface area contributed by atoms with Gasteiger partial charge in [0, 0.05) is 16.6 Å². The molecule has 0 radical (unpaired) electrons. The van der Waals surface area contributed by atoms with E-state index < -0.39 is 0 Å². The number of benzene rings is 1. The predicted octanol–water partition coefficient (Wildman–Crippen LogP) is 3.87. The van der Waals surface area contributed by atoms with E-state index in [0.717, 1.165) is 23.0 Å². The molecule has 0 bridgehead atoms. The molecule has 0 saturated carbocycles. The summed E-state index contributed by atoms with van der Waals surface area (Å²) in [6.45, 7) is 3.75. The van der Waals surface area contributed by atoms with E-state index in [1.807, 2.05) is 12.1 Å². The molecule has 1 N–H and O–H groups in total. The van der Waals surface area contributed by atoms with Crippen LogP contribution in [0.5, 0.6) is 0 Å². The highest BCUT2D eigenvalue weighted by atomic mass is 79.9. The maximum Gasteiger partial charge on any atom is 0.128 e. The van der Waals surface area contributed by atoms with Crippen molar-refractivity contribution in [3.05, 3.63) is 34.1 Å². The first-order valence-corrected chi connectivity index (χ1v) is 6.18. The quantitative estimate of drug-likeness (QED) is 0.776. The van der Waals surface area contributed by atoms with Crippen LogP contribution in [-0.2, 0) is 6.54 Å². The molecule has 1 nitrogen and oxygen atoms in total. The van der Waals surface area contributed by atoms with Crippen molar-refractivity contribution in [1.82, 2.24) is 5.32 Å². The van der Waals surface area contributed by atoms with Gasteiger partial charge in [-0.3, -0.25) is 0 Å². The lowest BCUT2D eigenvalue weighted by atomic mass is 10.2. The minimum absolute atomic E-state index is 0.146. The summed E-state index contributed by atoms with van der Waals surface area (Å²) in [5.74, 6) is -0.146. The standard InChI is InChI=1S/C12H17BrFN/c1-2-3-4-7-15-9-10-5-6-11(13)8-12(10)14/h5-6,8,15H,2-4,7,9H2,1H3. The Morgan fingerprint density at radius 3 is 2.80 bits per heavy atom. The lowest BCUT2D eigenvalue weighted by molar-refractivity contribution is 0.573. The predicted molar refractivity (Wildman–Crippen MR) is 65.3 cm³/mol. The van der Waals surface area contributed by atoms with Gasteiger partial charge in [-0.2, -0.15) is 0 Å². The summed E-state index contributed by atoms with van der Waals surface area (Å²) in [6, 6.07) is 5.18. The van der Waals surface area contributed by atoms with Crippen molar-refractivity contribution in [1.29, 1.82) is 0 Å². The van der Waals surface area contributed by atoms with Crippen LogP contribution >= 0.6 is 15.9 Å². The molecule has 0 fully saturated rings. The van der Waals surface area contributed by atoms with Crippen molar-refractivity contribution >= 4 is 15.9 Å². The highest BCUT2D eigenvalue weighted by Crippen LogP contribution is 2.14. The molecule has 0 aromatic heterocycles. The van der Waals surface area contributed by atoms with Gasteiger partial charge in [-0.25, -0.2) is 4.39 Å². The molecule has 15 heavy (non-hydrogen) atoms. The minimum Gasteiger partial charge on any atom is -0.313 e. The molecule has 0 aliphatic carbocycles. The lowest BCUT2D eigenvalue weighted by Gasteiger charge is -2.05. The number of hydrogen-bond donors (Lipinski definition) is 1. The highest BCUT2D eigenvalue weighted by molar-refractivity contribution is 9.10. The number of nitrogens with one attached hydrogen (secondary N) is 1. The van der Waals surface area contributed by atoms with Gasteiger partial charge in [0.2, 0.25) is 0 Å². The number of rotatable bonds is 6. The zero-order valence-electron chi connectivity index (χ0n) is 9.02. The molecule has 0 aliphatic heterocycles. The molecular weight excluding hydrogens is 257 g/mol. The van der Waals surface area contributed by atoms with Crippen molar-refractivity contribution in [2.45, 2.75) is 32.7 Å². The smallest absolute Gasteiger partial charge is 0.128 e. The van der Waals surface area contributed by atoms with E-state index in [4.69, 9.17) is 0 Å². The zero-order valence-corrected chi connectivity index (χ0v) is 10.6. The van der Waals surface area contributed by atoms with Gasteiger partial charge >= 0.3 is 0 Å². The number of hydrogen-bond acceptors (Lipinski definition) is 1. The topological polar surface area (TPSA) is 12.0 Å². The van der Waals surface area contributed by atoms with Crippen LogP contribution in [-0.4, -0.2) is 6.54 Å². The van der Waals surface area contributed by atoms with Crippen LogP contribution in [0.25, 0.3) is 0 Å². The third-order valence-electron chi connectivity index (χ3n) is 2.29. The van der Waals surface area contributed by atoms with Crippen molar-refractivity contribution in [3.8, 4) is 0 Å². The Bertz CT molecular complexity index is 302. The van der Waals surface area contributed by atoms with Crippen LogP contribution in [0.1, 0.15) is 31.7 Å². The molecule has 0 unspecified atom stereocenters. The minimum atomic E-state index is -0.146. The molecule has 0 atom stereocenters. The molecule has 0 saturated heterocycles.